The van der Waals surface area contributed by atoms with Gasteiger partial charge in [-0.3, -0.25) is 10.1 Å². The van der Waals surface area contributed by atoms with Crippen LogP contribution < -0.4 is 14.2 Å². The Labute approximate surface area is 174 Å². The molecule has 0 aliphatic carbocycles. The van der Waals surface area contributed by atoms with Gasteiger partial charge in [0.25, 0.3) is 0 Å². The van der Waals surface area contributed by atoms with E-state index in [1.807, 2.05) is 12.1 Å². The highest BCUT2D eigenvalue weighted by Gasteiger charge is 2.20. The lowest BCUT2D eigenvalue weighted by atomic mass is 10.1. The van der Waals surface area contributed by atoms with Crippen molar-refractivity contribution in [2.75, 3.05) is 13.9 Å². The van der Waals surface area contributed by atoms with Gasteiger partial charge in [0.05, 0.1) is 23.3 Å². The van der Waals surface area contributed by atoms with Gasteiger partial charge in [0, 0.05) is 17.0 Å². The lowest BCUT2D eigenvalue weighted by molar-refractivity contribution is -0.386. The number of phenols is 1. The number of nitro benzene ring substituents is 1. The number of hydrogen-bond donors (Lipinski definition) is 1. The Morgan fingerprint density at radius 1 is 1.37 bits per heavy atom. The molecule has 9 nitrogen and oxygen atoms in total. The molecule has 2 heterocycles. The molecule has 0 amide bonds. The third kappa shape index (κ3) is 3.49. The number of fused-ring (bicyclic) bond motifs is 1. The summed E-state index contributed by atoms with van der Waals surface area (Å²) in [6.45, 7) is 0.171. The average molecular weight is 423 g/mol. The van der Waals surface area contributed by atoms with Crippen molar-refractivity contribution in [3.63, 3.8) is 0 Å². The van der Waals surface area contributed by atoms with Crippen LogP contribution in [0.25, 0.3) is 22.9 Å². The van der Waals surface area contributed by atoms with E-state index in [4.69, 9.17) is 14.2 Å². The number of nitrogens with zero attached hydrogens (tertiary/aromatic N) is 3. The molecular weight excluding hydrogens is 410 g/mol. The van der Waals surface area contributed by atoms with Crippen molar-refractivity contribution in [3.8, 4) is 40.3 Å². The molecule has 1 aliphatic rings. The Kier molecular flexibility index (Phi) is 4.95. The summed E-state index contributed by atoms with van der Waals surface area (Å²) in [6, 6.07) is 10.1. The summed E-state index contributed by atoms with van der Waals surface area (Å²) < 4.78 is 15.7. The van der Waals surface area contributed by atoms with Gasteiger partial charge in [0.2, 0.25) is 12.5 Å². The van der Waals surface area contributed by atoms with E-state index < -0.39 is 16.4 Å². The maximum absolute atomic E-state index is 11.2. The second-order valence-corrected chi connectivity index (χ2v) is 6.98. The van der Waals surface area contributed by atoms with Crippen LogP contribution in [0.5, 0.6) is 23.0 Å². The minimum atomic E-state index is -0.720. The zero-order valence-corrected chi connectivity index (χ0v) is 16.3. The van der Waals surface area contributed by atoms with Crippen LogP contribution in [-0.2, 0) is 0 Å². The lowest BCUT2D eigenvalue weighted by Crippen LogP contribution is -1.93. The molecule has 1 aliphatic heterocycles. The largest absolute Gasteiger partial charge is 0.500 e. The minimum Gasteiger partial charge on any atom is -0.500 e. The van der Waals surface area contributed by atoms with Gasteiger partial charge in [-0.2, -0.15) is 5.26 Å². The molecule has 150 valence electrons. The molecule has 0 atom stereocenters. The van der Waals surface area contributed by atoms with E-state index in [0.717, 1.165) is 5.56 Å². The molecule has 0 fully saturated rings. The van der Waals surface area contributed by atoms with E-state index in [0.29, 0.717) is 27.8 Å². The first-order valence-electron chi connectivity index (χ1n) is 8.53. The van der Waals surface area contributed by atoms with E-state index in [1.54, 1.807) is 11.4 Å². The number of aromatic nitrogens is 1. The number of benzene rings is 2. The number of nitriles is 1. The van der Waals surface area contributed by atoms with Crippen molar-refractivity contribution in [3.05, 3.63) is 56.4 Å². The Bertz CT molecular complexity index is 1230. The molecule has 2 aromatic carbocycles. The molecule has 0 radical (unpaired) electrons. The maximum Gasteiger partial charge on any atom is 0.315 e. The maximum atomic E-state index is 11.2. The first kappa shape index (κ1) is 19.2. The van der Waals surface area contributed by atoms with Crippen LogP contribution in [0.2, 0.25) is 0 Å². The molecule has 3 aromatic rings. The molecule has 0 saturated heterocycles. The summed E-state index contributed by atoms with van der Waals surface area (Å²) in [5, 5.41) is 32.9. The standard InChI is InChI=1S/C20H13N3O6S/c1-27-18-6-11(5-15(19(18)24)23(25)26)4-13(8-21)20-22-14(9-30-20)12-2-3-16-17(7-12)29-10-28-16/h2-7,9,24H,10H2,1H3/b13-4+. The normalized spacial score (nSPS) is 12.5. The van der Waals surface area contributed by atoms with Crippen LogP contribution in [-0.4, -0.2) is 28.9 Å². The fraction of sp³-hybridized carbons (Fsp3) is 0.100. The van der Waals surface area contributed by atoms with E-state index in [1.165, 1.54) is 36.7 Å². The molecule has 4 rings (SSSR count). The average Bonchev–Trinajstić information content (AvgIpc) is 3.41. The Balaban J connectivity index is 1.70. The molecule has 0 bridgehead atoms. The summed E-state index contributed by atoms with van der Waals surface area (Å²) in [6.07, 6.45) is 1.46. The van der Waals surface area contributed by atoms with Gasteiger partial charge in [0.1, 0.15) is 11.1 Å². The number of rotatable bonds is 5. The summed E-state index contributed by atoms with van der Waals surface area (Å²) >= 11 is 1.26. The number of hydrogen-bond acceptors (Lipinski definition) is 9. The second kappa shape index (κ2) is 7.73. The van der Waals surface area contributed by atoms with E-state index >= 15 is 0 Å². The predicted octanol–water partition coefficient (Wildman–Crippen LogP) is 4.23. The molecule has 10 heteroatoms. The summed E-state index contributed by atoms with van der Waals surface area (Å²) in [4.78, 5) is 15.0. The van der Waals surface area contributed by atoms with Crippen molar-refractivity contribution >= 4 is 28.7 Å². The third-order valence-corrected chi connectivity index (χ3v) is 5.20. The van der Waals surface area contributed by atoms with Crippen molar-refractivity contribution in [2.24, 2.45) is 0 Å². The number of aromatic hydroxyl groups is 1. The zero-order valence-electron chi connectivity index (χ0n) is 15.5. The number of nitro groups is 1. The first-order chi connectivity index (χ1) is 14.5. The van der Waals surface area contributed by atoms with Gasteiger partial charge in [-0.1, -0.05) is 0 Å². The number of ether oxygens (including phenoxy) is 3. The van der Waals surface area contributed by atoms with E-state index in [-0.39, 0.29) is 18.1 Å². The molecule has 1 aromatic heterocycles. The quantitative estimate of drug-likeness (QED) is 0.367. The van der Waals surface area contributed by atoms with Crippen molar-refractivity contribution in [1.29, 1.82) is 5.26 Å². The second-order valence-electron chi connectivity index (χ2n) is 6.12. The highest BCUT2D eigenvalue weighted by molar-refractivity contribution is 7.11. The van der Waals surface area contributed by atoms with Crippen molar-refractivity contribution in [2.45, 2.75) is 0 Å². The van der Waals surface area contributed by atoms with E-state index in [9.17, 15) is 20.5 Å². The predicted molar refractivity (Wildman–Crippen MR) is 108 cm³/mol. The number of thiazole rings is 1. The van der Waals surface area contributed by atoms with Gasteiger partial charge in [-0.25, -0.2) is 4.98 Å². The molecule has 0 saturated carbocycles. The zero-order chi connectivity index (χ0) is 21.3. The molecular formula is C20H13N3O6S. The highest BCUT2D eigenvalue weighted by atomic mass is 32.1. The molecule has 1 N–H and O–H groups in total. The SMILES string of the molecule is COc1cc(/C=C(\C#N)c2nc(-c3ccc4c(c3)OCO4)cs2)cc([N+](=O)[O-])c1O. The van der Waals surface area contributed by atoms with Crippen LogP contribution >= 0.6 is 11.3 Å². The minimum absolute atomic E-state index is 0.0621. The fourth-order valence-electron chi connectivity index (χ4n) is 2.89. The monoisotopic (exact) mass is 423 g/mol. The summed E-state index contributed by atoms with van der Waals surface area (Å²) in [7, 11) is 1.29. The van der Waals surface area contributed by atoms with Gasteiger partial charge in [-0.05, 0) is 35.9 Å². The van der Waals surface area contributed by atoms with Crippen LogP contribution in [0.4, 0.5) is 5.69 Å². The van der Waals surface area contributed by atoms with Crippen LogP contribution in [0.15, 0.2) is 35.7 Å². The first-order valence-corrected chi connectivity index (χ1v) is 9.41. The van der Waals surface area contributed by atoms with Gasteiger partial charge < -0.3 is 19.3 Å². The fourth-order valence-corrected chi connectivity index (χ4v) is 3.68. The third-order valence-electron chi connectivity index (χ3n) is 4.33. The Hall–Kier alpha value is -4.10. The van der Waals surface area contributed by atoms with Crippen LogP contribution in [0.1, 0.15) is 10.6 Å². The number of phenolic OH excluding ortho intramolecular Hbond substituents is 1. The van der Waals surface area contributed by atoms with Crippen LogP contribution in [0, 0.1) is 21.4 Å². The topological polar surface area (TPSA) is 128 Å². The van der Waals surface area contributed by atoms with Gasteiger partial charge in [0.15, 0.2) is 17.2 Å². The molecule has 0 spiro atoms. The number of methoxy groups -OCH3 is 1. The molecule has 0 unspecified atom stereocenters. The van der Waals surface area contributed by atoms with E-state index in [2.05, 4.69) is 11.1 Å². The lowest BCUT2D eigenvalue weighted by Gasteiger charge is -2.05. The summed E-state index contributed by atoms with van der Waals surface area (Å²) in [5.41, 5.74) is 1.49. The van der Waals surface area contributed by atoms with Gasteiger partial charge >= 0.3 is 5.69 Å². The van der Waals surface area contributed by atoms with Crippen molar-refractivity contribution in [1.82, 2.24) is 4.98 Å². The number of allylic oxidation sites excluding steroid dienone is 1. The summed E-state index contributed by atoms with van der Waals surface area (Å²) in [5.74, 6) is 0.654. The Morgan fingerprint density at radius 3 is 2.90 bits per heavy atom. The molecule has 30 heavy (non-hydrogen) atoms. The van der Waals surface area contributed by atoms with Crippen molar-refractivity contribution < 1.29 is 24.2 Å². The van der Waals surface area contributed by atoms with Crippen LogP contribution in [0.3, 0.4) is 0 Å². The highest BCUT2D eigenvalue weighted by Crippen LogP contribution is 2.39. The Morgan fingerprint density at radius 2 is 2.17 bits per heavy atom. The van der Waals surface area contributed by atoms with Gasteiger partial charge in [-0.15, -0.1) is 11.3 Å². The smallest absolute Gasteiger partial charge is 0.315 e.